The van der Waals surface area contributed by atoms with E-state index in [-0.39, 0.29) is 29.5 Å². The Labute approximate surface area is 170 Å². The largest absolute Gasteiger partial charge is 0.368 e. The van der Waals surface area contributed by atoms with Crippen LogP contribution in [0.4, 0.5) is 4.39 Å². The lowest BCUT2D eigenvalue weighted by atomic mass is 9.88. The van der Waals surface area contributed by atoms with Gasteiger partial charge in [0.15, 0.2) is 0 Å². The average Bonchev–Trinajstić information content (AvgIpc) is 3.29. The standard InChI is InChI=1S/C24H26FNO3/c25-21-8-2-1-7-20(21)19-6-3-5-17(15-19)16-22(27)18-10-12-26(13-11-18)24(28)23-9-4-14-29-23/h1-3,5-8,15,18,23H,4,9-14,16H2/t23-/m1/s1. The zero-order chi connectivity index (χ0) is 20.2. The molecule has 4 nitrogen and oxygen atoms in total. The Morgan fingerprint density at radius 1 is 1.03 bits per heavy atom. The van der Waals surface area contributed by atoms with Gasteiger partial charge in [-0.2, -0.15) is 0 Å². The lowest BCUT2D eigenvalue weighted by Gasteiger charge is -2.32. The third-order valence-corrected chi connectivity index (χ3v) is 5.96. The Kier molecular flexibility index (Phi) is 6.05. The first kappa shape index (κ1) is 19.8. The van der Waals surface area contributed by atoms with Crippen molar-refractivity contribution >= 4 is 11.7 Å². The van der Waals surface area contributed by atoms with Crippen LogP contribution in [-0.2, 0) is 20.7 Å². The Hall–Kier alpha value is -2.53. The molecule has 0 radical (unpaired) electrons. The molecule has 1 amide bonds. The number of carbonyl (C=O) groups excluding carboxylic acids is 2. The summed E-state index contributed by atoms with van der Waals surface area (Å²) < 4.78 is 19.6. The van der Waals surface area contributed by atoms with Crippen molar-refractivity contribution in [2.24, 2.45) is 5.92 Å². The van der Waals surface area contributed by atoms with Crippen molar-refractivity contribution in [1.82, 2.24) is 4.90 Å². The molecule has 0 unspecified atom stereocenters. The first-order chi connectivity index (χ1) is 14.1. The lowest BCUT2D eigenvalue weighted by Crippen LogP contribution is -2.45. The molecule has 4 rings (SSSR count). The van der Waals surface area contributed by atoms with Gasteiger partial charge in [-0.3, -0.25) is 9.59 Å². The first-order valence-electron chi connectivity index (χ1n) is 10.4. The van der Waals surface area contributed by atoms with Crippen LogP contribution in [0.15, 0.2) is 48.5 Å². The van der Waals surface area contributed by atoms with Gasteiger partial charge in [0.25, 0.3) is 5.91 Å². The number of ether oxygens (including phenoxy) is 1. The number of carbonyl (C=O) groups is 2. The maximum atomic E-state index is 14.1. The number of benzene rings is 2. The van der Waals surface area contributed by atoms with Gasteiger partial charge in [-0.05, 0) is 42.9 Å². The van der Waals surface area contributed by atoms with E-state index < -0.39 is 0 Å². The van der Waals surface area contributed by atoms with Gasteiger partial charge < -0.3 is 9.64 Å². The quantitative estimate of drug-likeness (QED) is 0.768. The molecule has 1 atom stereocenters. The first-order valence-corrected chi connectivity index (χ1v) is 10.4. The number of likely N-dealkylation sites (tertiary alicyclic amines) is 1. The third-order valence-electron chi connectivity index (χ3n) is 5.96. The molecule has 0 bridgehead atoms. The summed E-state index contributed by atoms with van der Waals surface area (Å²) in [6.45, 7) is 1.89. The topological polar surface area (TPSA) is 46.6 Å². The van der Waals surface area contributed by atoms with Gasteiger partial charge in [0.1, 0.15) is 17.7 Å². The van der Waals surface area contributed by atoms with Crippen molar-refractivity contribution < 1.29 is 18.7 Å². The van der Waals surface area contributed by atoms with E-state index in [1.807, 2.05) is 35.2 Å². The number of Topliss-reactive ketones (excluding diaryl/α,β-unsaturated/α-hetero) is 1. The zero-order valence-corrected chi connectivity index (χ0v) is 16.5. The zero-order valence-electron chi connectivity index (χ0n) is 16.5. The molecule has 2 saturated heterocycles. The maximum Gasteiger partial charge on any atom is 0.251 e. The molecule has 0 spiro atoms. The summed E-state index contributed by atoms with van der Waals surface area (Å²) in [4.78, 5) is 27.1. The van der Waals surface area contributed by atoms with Crippen LogP contribution in [0.25, 0.3) is 11.1 Å². The van der Waals surface area contributed by atoms with Gasteiger partial charge in [0.2, 0.25) is 0 Å². The van der Waals surface area contributed by atoms with E-state index in [0.29, 0.717) is 44.5 Å². The third kappa shape index (κ3) is 4.56. The monoisotopic (exact) mass is 395 g/mol. The Morgan fingerprint density at radius 3 is 2.55 bits per heavy atom. The van der Waals surface area contributed by atoms with E-state index in [4.69, 9.17) is 4.74 Å². The summed E-state index contributed by atoms with van der Waals surface area (Å²) in [6.07, 6.45) is 3.19. The summed E-state index contributed by atoms with van der Waals surface area (Å²) in [6, 6.07) is 14.2. The Balaban J connectivity index is 1.35. The van der Waals surface area contributed by atoms with Gasteiger partial charge in [0.05, 0.1) is 0 Å². The van der Waals surface area contributed by atoms with Gasteiger partial charge in [-0.15, -0.1) is 0 Å². The highest BCUT2D eigenvalue weighted by Crippen LogP contribution is 2.26. The van der Waals surface area contributed by atoms with E-state index >= 15 is 0 Å². The molecule has 152 valence electrons. The predicted molar refractivity (Wildman–Crippen MR) is 109 cm³/mol. The number of ketones is 1. The average molecular weight is 395 g/mol. The van der Waals surface area contributed by atoms with Crippen molar-refractivity contribution in [1.29, 1.82) is 0 Å². The molecule has 2 aromatic carbocycles. The molecule has 2 aliphatic rings. The van der Waals surface area contributed by atoms with Crippen LogP contribution in [0.3, 0.4) is 0 Å². The van der Waals surface area contributed by atoms with E-state index in [2.05, 4.69) is 0 Å². The second-order valence-electron chi connectivity index (χ2n) is 7.92. The molecule has 0 aliphatic carbocycles. The van der Waals surface area contributed by atoms with Crippen LogP contribution >= 0.6 is 0 Å². The van der Waals surface area contributed by atoms with Crippen molar-refractivity contribution in [2.45, 2.75) is 38.2 Å². The fraction of sp³-hybridized carbons (Fsp3) is 0.417. The minimum absolute atomic E-state index is 0.0272. The molecule has 2 heterocycles. The van der Waals surface area contributed by atoms with Crippen LogP contribution in [-0.4, -0.2) is 42.4 Å². The molecule has 2 aromatic rings. The summed E-state index contributed by atoms with van der Waals surface area (Å²) in [7, 11) is 0. The summed E-state index contributed by atoms with van der Waals surface area (Å²) >= 11 is 0. The fourth-order valence-electron chi connectivity index (χ4n) is 4.29. The fourth-order valence-corrected chi connectivity index (χ4v) is 4.29. The highest BCUT2D eigenvalue weighted by atomic mass is 19.1. The molecular weight excluding hydrogens is 369 g/mol. The van der Waals surface area contributed by atoms with E-state index in [1.54, 1.807) is 12.1 Å². The van der Waals surface area contributed by atoms with Crippen molar-refractivity contribution in [3.05, 3.63) is 59.9 Å². The molecule has 0 saturated carbocycles. The number of hydrogen-bond acceptors (Lipinski definition) is 3. The molecule has 0 N–H and O–H groups in total. The van der Waals surface area contributed by atoms with Crippen LogP contribution in [0.1, 0.15) is 31.2 Å². The van der Waals surface area contributed by atoms with Crippen molar-refractivity contribution in [3.63, 3.8) is 0 Å². The van der Waals surface area contributed by atoms with E-state index in [1.165, 1.54) is 6.07 Å². The molecule has 29 heavy (non-hydrogen) atoms. The molecular formula is C24H26FNO3. The minimum Gasteiger partial charge on any atom is -0.368 e. The smallest absolute Gasteiger partial charge is 0.251 e. The molecule has 5 heteroatoms. The number of rotatable bonds is 5. The van der Waals surface area contributed by atoms with E-state index in [9.17, 15) is 14.0 Å². The summed E-state index contributed by atoms with van der Waals surface area (Å²) in [5.74, 6) is -0.0224. The molecule has 2 aliphatic heterocycles. The number of nitrogens with zero attached hydrogens (tertiary/aromatic N) is 1. The van der Waals surface area contributed by atoms with Gasteiger partial charge in [-0.1, -0.05) is 42.5 Å². The SMILES string of the molecule is O=C(Cc1cccc(-c2ccccc2F)c1)C1CCN(C(=O)[C@H]2CCCO2)CC1. The van der Waals surface area contributed by atoms with Crippen LogP contribution in [0.5, 0.6) is 0 Å². The number of piperidine rings is 1. The minimum atomic E-state index is -0.289. The summed E-state index contributed by atoms with van der Waals surface area (Å²) in [5, 5.41) is 0. The number of halogens is 1. The normalized spacial score (nSPS) is 20.0. The highest BCUT2D eigenvalue weighted by Gasteiger charge is 2.32. The summed E-state index contributed by atoms with van der Waals surface area (Å²) in [5.41, 5.74) is 2.22. The van der Waals surface area contributed by atoms with Gasteiger partial charge in [-0.25, -0.2) is 4.39 Å². The predicted octanol–water partition coefficient (Wildman–Crippen LogP) is 4.02. The lowest BCUT2D eigenvalue weighted by molar-refractivity contribution is -0.143. The highest BCUT2D eigenvalue weighted by molar-refractivity contribution is 5.85. The molecule has 0 aromatic heterocycles. The number of hydrogen-bond donors (Lipinski definition) is 0. The van der Waals surface area contributed by atoms with Crippen LogP contribution < -0.4 is 0 Å². The van der Waals surface area contributed by atoms with Crippen LogP contribution in [0.2, 0.25) is 0 Å². The van der Waals surface area contributed by atoms with Crippen LogP contribution in [0, 0.1) is 11.7 Å². The van der Waals surface area contributed by atoms with E-state index in [0.717, 1.165) is 24.0 Å². The van der Waals surface area contributed by atoms with Gasteiger partial charge >= 0.3 is 0 Å². The second-order valence-corrected chi connectivity index (χ2v) is 7.92. The Morgan fingerprint density at radius 2 is 1.83 bits per heavy atom. The Bertz CT molecular complexity index is 883. The van der Waals surface area contributed by atoms with Crippen molar-refractivity contribution in [3.8, 4) is 11.1 Å². The van der Waals surface area contributed by atoms with Crippen molar-refractivity contribution in [2.75, 3.05) is 19.7 Å². The maximum absolute atomic E-state index is 14.1. The second kappa shape index (κ2) is 8.87. The number of amides is 1. The molecule has 2 fully saturated rings. The van der Waals surface area contributed by atoms with Gasteiger partial charge in [0, 0.05) is 37.6 Å².